The van der Waals surface area contributed by atoms with Gasteiger partial charge in [-0.1, -0.05) is 104 Å². The topological polar surface area (TPSA) is 32.3 Å². The lowest BCUT2D eigenvalue weighted by molar-refractivity contribution is -0.133. The van der Waals surface area contributed by atoms with Crippen LogP contribution >= 0.6 is 0 Å². The van der Waals surface area contributed by atoms with Gasteiger partial charge in [-0.25, -0.2) is 0 Å². The molecule has 3 aromatic rings. The van der Waals surface area contributed by atoms with Gasteiger partial charge < -0.3 is 5.32 Å². The van der Waals surface area contributed by atoms with Gasteiger partial charge in [0.05, 0.1) is 11.0 Å². The lowest BCUT2D eigenvalue weighted by Gasteiger charge is -2.44. The SMILES string of the molecule is CNC(=O)[C@]12CCCCC1CN(C(c1ccccc1)(c1ccccc1)c1ccccc1)C2. The molecule has 0 bridgehead atoms. The first-order valence-electron chi connectivity index (χ1n) is 11.9. The number of rotatable bonds is 5. The molecular formula is C29H32N2O. The Labute approximate surface area is 191 Å². The van der Waals surface area contributed by atoms with Gasteiger partial charge in [-0.15, -0.1) is 0 Å². The first-order chi connectivity index (χ1) is 15.7. The van der Waals surface area contributed by atoms with Crippen molar-refractivity contribution in [2.75, 3.05) is 20.1 Å². The molecule has 32 heavy (non-hydrogen) atoms. The average molecular weight is 425 g/mol. The Morgan fingerprint density at radius 3 is 1.81 bits per heavy atom. The van der Waals surface area contributed by atoms with Crippen LogP contribution in [-0.2, 0) is 10.3 Å². The molecule has 3 nitrogen and oxygen atoms in total. The lowest BCUT2D eigenvalue weighted by atomic mass is 9.67. The molecule has 2 atom stereocenters. The molecule has 2 aliphatic rings. The van der Waals surface area contributed by atoms with Gasteiger partial charge in [0.15, 0.2) is 0 Å². The number of hydrogen-bond donors (Lipinski definition) is 1. The maximum atomic E-state index is 13.3. The summed E-state index contributed by atoms with van der Waals surface area (Å²) in [5.74, 6) is 0.597. The second kappa shape index (κ2) is 8.55. The van der Waals surface area contributed by atoms with Crippen molar-refractivity contribution in [2.45, 2.75) is 31.2 Å². The van der Waals surface area contributed by atoms with Crippen LogP contribution in [0.3, 0.4) is 0 Å². The van der Waals surface area contributed by atoms with Gasteiger partial charge in [0.25, 0.3) is 0 Å². The van der Waals surface area contributed by atoms with E-state index in [1.807, 2.05) is 0 Å². The lowest BCUT2D eigenvalue weighted by Crippen LogP contribution is -2.50. The van der Waals surface area contributed by atoms with E-state index in [1.54, 1.807) is 7.05 Å². The van der Waals surface area contributed by atoms with Gasteiger partial charge in [-0.3, -0.25) is 9.69 Å². The Balaban J connectivity index is 1.75. The standard InChI is InChI=1S/C29H32N2O/c1-30-27(32)28-20-12-11-19-26(28)21-31(22-28)29(23-13-5-2-6-14-23,24-15-7-3-8-16-24)25-17-9-4-10-18-25/h2-10,13-18,26H,11-12,19-22H2,1H3,(H,30,32)/t26?,28-/m0/s1. The molecule has 0 radical (unpaired) electrons. The number of benzene rings is 3. The second-order valence-electron chi connectivity index (χ2n) is 9.37. The summed E-state index contributed by atoms with van der Waals surface area (Å²) in [6, 6.07) is 32.5. The molecule has 1 aliphatic heterocycles. The molecule has 5 rings (SSSR count). The molecule has 1 N–H and O–H groups in total. The summed E-state index contributed by atoms with van der Waals surface area (Å²) in [6.07, 6.45) is 4.44. The van der Waals surface area contributed by atoms with Gasteiger partial charge in [0.1, 0.15) is 0 Å². The van der Waals surface area contributed by atoms with Crippen molar-refractivity contribution < 1.29 is 4.79 Å². The Kier molecular flexibility index (Phi) is 5.60. The van der Waals surface area contributed by atoms with E-state index in [9.17, 15) is 4.79 Å². The zero-order chi connectivity index (χ0) is 22.0. The largest absolute Gasteiger partial charge is 0.359 e. The van der Waals surface area contributed by atoms with Gasteiger partial charge in [0, 0.05) is 20.1 Å². The fourth-order valence-corrected chi connectivity index (χ4v) is 6.42. The molecule has 1 amide bonds. The summed E-state index contributed by atoms with van der Waals surface area (Å²) in [5, 5.41) is 3.02. The van der Waals surface area contributed by atoms with Crippen molar-refractivity contribution in [2.24, 2.45) is 11.3 Å². The summed E-state index contributed by atoms with van der Waals surface area (Å²) in [4.78, 5) is 15.9. The molecular weight excluding hydrogens is 392 g/mol. The van der Waals surface area contributed by atoms with Crippen molar-refractivity contribution in [1.82, 2.24) is 10.2 Å². The molecule has 3 aromatic carbocycles. The summed E-state index contributed by atoms with van der Waals surface area (Å²) in [6.45, 7) is 1.70. The third-order valence-corrected chi connectivity index (χ3v) is 7.85. The number of amides is 1. The zero-order valence-electron chi connectivity index (χ0n) is 18.8. The zero-order valence-corrected chi connectivity index (χ0v) is 18.8. The molecule has 164 valence electrons. The highest BCUT2D eigenvalue weighted by atomic mass is 16.2. The molecule has 1 aliphatic carbocycles. The van der Waals surface area contributed by atoms with Crippen molar-refractivity contribution >= 4 is 5.91 Å². The third-order valence-electron chi connectivity index (χ3n) is 7.85. The molecule has 1 unspecified atom stereocenters. The van der Waals surface area contributed by atoms with Crippen molar-refractivity contribution in [1.29, 1.82) is 0 Å². The minimum atomic E-state index is -0.442. The van der Waals surface area contributed by atoms with Gasteiger partial charge >= 0.3 is 0 Å². The maximum Gasteiger partial charge on any atom is 0.227 e. The number of carbonyl (C=O) groups is 1. The maximum absolute atomic E-state index is 13.3. The second-order valence-corrected chi connectivity index (χ2v) is 9.37. The predicted octanol–water partition coefficient (Wildman–Crippen LogP) is 5.22. The molecule has 1 saturated carbocycles. The van der Waals surface area contributed by atoms with Crippen LogP contribution in [-0.4, -0.2) is 30.9 Å². The highest BCUT2D eigenvalue weighted by Gasteiger charge is 2.57. The van der Waals surface area contributed by atoms with E-state index in [2.05, 4.69) is 101 Å². The number of carbonyl (C=O) groups excluding carboxylic acids is 1. The number of fused-ring (bicyclic) bond motifs is 1. The minimum absolute atomic E-state index is 0.216. The van der Waals surface area contributed by atoms with E-state index in [1.165, 1.54) is 23.1 Å². The Morgan fingerprint density at radius 1 is 0.844 bits per heavy atom. The number of nitrogens with one attached hydrogen (secondary N) is 1. The number of nitrogens with zero attached hydrogens (tertiary/aromatic N) is 1. The average Bonchev–Trinajstić information content (AvgIpc) is 3.27. The third kappa shape index (κ3) is 3.18. The minimum Gasteiger partial charge on any atom is -0.359 e. The monoisotopic (exact) mass is 424 g/mol. The van der Waals surface area contributed by atoms with Crippen LogP contribution in [0.1, 0.15) is 42.4 Å². The van der Waals surface area contributed by atoms with E-state index < -0.39 is 5.54 Å². The van der Waals surface area contributed by atoms with Crippen LogP contribution in [0.5, 0.6) is 0 Å². The molecule has 1 heterocycles. The van der Waals surface area contributed by atoms with Crippen LogP contribution in [0.25, 0.3) is 0 Å². The smallest absolute Gasteiger partial charge is 0.227 e. The van der Waals surface area contributed by atoms with E-state index in [0.29, 0.717) is 5.92 Å². The van der Waals surface area contributed by atoms with E-state index in [0.717, 1.165) is 32.4 Å². The fraction of sp³-hybridized carbons (Fsp3) is 0.345. The van der Waals surface area contributed by atoms with Crippen molar-refractivity contribution in [3.05, 3.63) is 108 Å². The first kappa shape index (κ1) is 21.0. The van der Waals surface area contributed by atoms with Crippen LogP contribution in [0.15, 0.2) is 91.0 Å². The predicted molar refractivity (Wildman–Crippen MR) is 129 cm³/mol. The van der Waals surface area contributed by atoms with E-state index >= 15 is 0 Å². The normalized spacial score (nSPS) is 23.5. The number of likely N-dealkylation sites (tertiary alicyclic amines) is 1. The van der Waals surface area contributed by atoms with Gasteiger partial charge in [-0.05, 0) is 35.4 Å². The number of hydrogen-bond acceptors (Lipinski definition) is 2. The fourth-order valence-electron chi connectivity index (χ4n) is 6.42. The van der Waals surface area contributed by atoms with Crippen molar-refractivity contribution in [3.63, 3.8) is 0 Å². The Bertz CT molecular complexity index is 954. The molecule has 1 saturated heterocycles. The summed E-state index contributed by atoms with van der Waals surface area (Å²) in [5.41, 5.74) is 3.01. The van der Waals surface area contributed by atoms with Gasteiger partial charge in [-0.2, -0.15) is 0 Å². The first-order valence-corrected chi connectivity index (χ1v) is 11.9. The molecule has 0 aromatic heterocycles. The Hall–Kier alpha value is -2.91. The summed E-state index contributed by atoms with van der Waals surface area (Å²) < 4.78 is 0. The van der Waals surface area contributed by atoms with E-state index in [4.69, 9.17) is 0 Å². The quantitative estimate of drug-likeness (QED) is 0.570. The summed E-state index contributed by atoms with van der Waals surface area (Å²) in [7, 11) is 1.80. The van der Waals surface area contributed by atoms with Crippen molar-refractivity contribution in [3.8, 4) is 0 Å². The van der Waals surface area contributed by atoms with E-state index in [-0.39, 0.29) is 11.3 Å². The van der Waals surface area contributed by atoms with Crippen LogP contribution in [0, 0.1) is 11.3 Å². The Morgan fingerprint density at radius 2 is 1.34 bits per heavy atom. The van der Waals surface area contributed by atoms with Crippen LogP contribution < -0.4 is 5.32 Å². The van der Waals surface area contributed by atoms with Gasteiger partial charge in [0.2, 0.25) is 5.91 Å². The molecule has 2 fully saturated rings. The molecule has 0 spiro atoms. The van der Waals surface area contributed by atoms with Crippen LogP contribution in [0.4, 0.5) is 0 Å². The van der Waals surface area contributed by atoms with Crippen LogP contribution in [0.2, 0.25) is 0 Å². The molecule has 3 heteroatoms. The highest BCUT2D eigenvalue weighted by Crippen LogP contribution is 2.53. The highest BCUT2D eigenvalue weighted by molar-refractivity contribution is 5.83. The summed E-state index contributed by atoms with van der Waals surface area (Å²) >= 11 is 0.